The minimum absolute atomic E-state index is 0.0613. The minimum atomic E-state index is 0.0613. The molecule has 24 heavy (non-hydrogen) atoms. The second-order valence-corrected chi connectivity index (χ2v) is 5.86. The lowest BCUT2D eigenvalue weighted by Crippen LogP contribution is -2.03. The van der Waals surface area contributed by atoms with Gasteiger partial charge in [0.05, 0.1) is 11.3 Å². The molecular formula is C22H17NO. The average molecular weight is 311 g/mol. The predicted octanol–water partition coefficient (Wildman–Crippen LogP) is 5.08. The van der Waals surface area contributed by atoms with Gasteiger partial charge in [-0.05, 0) is 11.6 Å². The van der Waals surface area contributed by atoms with Crippen LogP contribution in [-0.2, 0) is 7.05 Å². The number of aromatic nitrogens is 1. The van der Waals surface area contributed by atoms with Crippen LogP contribution in [0.2, 0.25) is 0 Å². The smallest absolute Gasteiger partial charge is 0.195 e. The molecule has 1 aromatic heterocycles. The highest BCUT2D eigenvalue weighted by atomic mass is 16.1. The van der Waals surface area contributed by atoms with Gasteiger partial charge in [0.2, 0.25) is 0 Å². The number of rotatable bonds is 3. The van der Waals surface area contributed by atoms with Crippen LogP contribution in [0.1, 0.15) is 15.9 Å². The molecule has 2 heteroatoms. The minimum Gasteiger partial charge on any atom is -0.343 e. The Kier molecular flexibility index (Phi) is 3.51. The van der Waals surface area contributed by atoms with E-state index < -0.39 is 0 Å². The van der Waals surface area contributed by atoms with E-state index in [0.29, 0.717) is 5.56 Å². The largest absolute Gasteiger partial charge is 0.343 e. The molecule has 0 aliphatic rings. The second kappa shape index (κ2) is 5.82. The highest BCUT2D eigenvalue weighted by Gasteiger charge is 2.22. The number of benzene rings is 3. The van der Waals surface area contributed by atoms with Gasteiger partial charge in [0.15, 0.2) is 5.78 Å². The lowest BCUT2D eigenvalue weighted by Gasteiger charge is -2.08. The Morgan fingerprint density at radius 3 is 2.04 bits per heavy atom. The Balaban J connectivity index is 2.05. The van der Waals surface area contributed by atoms with E-state index in [2.05, 4.69) is 22.8 Å². The summed E-state index contributed by atoms with van der Waals surface area (Å²) in [5.74, 6) is 0.0613. The molecule has 0 saturated carbocycles. The van der Waals surface area contributed by atoms with E-state index in [1.54, 1.807) is 0 Å². The summed E-state index contributed by atoms with van der Waals surface area (Å²) < 4.78 is 2.11. The number of aryl methyl sites for hydroxylation is 1. The Hall–Kier alpha value is -3.13. The van der Waals surface area contributed by atoms with Crippen LogP contribution >= 0.6 is 0 Å². The van der Waals surface area contributed by atoms with Crippen LogP contribution in [0.3, 0.4) is 0 Å². The molecule has 0 spiro atoms. The molecule has 0 aliphatic heterocycles. The standard InChI is InChI=1S/C22H17NO/c1-23-19-15-9-8-14-18(19)20(21(23)16-10-4-2-5-11-16)22(24)17-12-6-3-7-13-17/h2-15H,1H3. The van der Waals surface area contributed by atoms with Gasteiger partial charge in [-0.3, -0.25) is 4.79 Å². The summed E-state index contributed by atoms with van der Waals surface area (Å²) in [7, 11) is 2.02. The first-order valence-electron chi connectivity index (χ1n) is 8.00. The van der Waals surface area contributed by atoms with Crippen molar-refractivity contribution in [2.24, 2.45) is 7.05 Å². The van der Waals surface area contributed by atoms with Gasteiger partial charge in [-0.25, -0.2) is 0 Å². The summed E-state index contributed by atoms with van der Waals surface area (Å²) in [5, 5.41) is 0.993. The lowest BCUT2D eigenvalue weighted by atomic mass is 9.97. The van der Waals surface area contributed by atoms with Crippen LogP contribution in [0.5, 0.6) is 0 Å². The monoisotopic (exact) mass is 311 g/mol. The topological polar surface area (TPSA) is 22.0 Å². The summed E-state index contributed by atoms with van der Waals surface area (Å²) >= 11 is 0. The number of fused-ring (bicyclic) bond motifs is 1. The Morgan fingerprint density at radius 1 is 0.750 bits per heavy atom. The zero-order valence-corrected chi connectivity index (χ0v) is 13.4. The molecule has 0 fully saturated rings. The third-order valence-corrected chi connectivity index (χ3v) is 4.42. The van der Waals surface area contributed by atoms with Gasteiger partial charge in [0.1, 0.15) is 0 Å². The Morgan fingerprint density at radius 2 is 1.33 bits per heavy atom. The highest BCUT2D eigenvalue weighted by Crippen LogP contribution is 2.34. The van der Waals surface area contributed by atoms with Gasteiger partial charge in [-0.15, -0.1) is 0 Å². The zero-order valence-electron chi connectivity index (χ0n) is 13.4. The van der Waals surface area contributed by atoms with Gasteiger partial charge < -0.3 is 4.57 Å². The third-order valence-electron chi connectivity index (χ3n) is 4.42. The number of carbonyl (C=O) groups excluding carboxylic acids is 1. The first-order valence-corrected chi connectivity index (χ1v) is 8.00. The molecule has 0 bridgehead atoms. The fourth-order valence-corrected chi connectivity index (χ4v) is 3.29. The molecule has 2 nitrogen and oxygen atoms in total. The van der Waals surface area contributed by atoms with E-state index in [9.17, 15) is 4.79 Å². The van der Waals surface area contributed by atoms with Crippen molar-refractivity contribution in [2.45, 2.75) is 0 Å². The predicted molar refractivity (Wildman–Crippen MR) is 98.2 cm³/mol. The van der Waals surface area contributed by atoms with E-state index >= 15 is 0 Å². The maximum Gasteiger partial charge on any atom is 0.195 e. The van der Waals surface area contributed by atoms with Crippen molar-refractivity contribution in [3.63, 3.8) is 0 Å². The van der Waals surface area contributed by atoms with Crippen molar-refractivity contribution < 1.29 is 4.79 Å². The first kappa shape index (κ1) is 14.5. The maximum atomic E-state index is 13.3. The molecular weight excluding hydrogens is 294 g/mol. The molecule has 4 aromatic rings. The fourth-order valence-electron chi connectivity index (χ4n) is 3.29. The third kappa shape index (κ3) is 2.24. The maximum absolute atomic E-state index is 13.3. The molecule has 1 heterocycles. The number of carbonyl (C=O) groups is 1. The van der Waals surface area contributed by atoms with Crippen LogP contribution in [0.15, 0.2) is 84.9 Å². The SMILES string of the molecule is Cn1c(-c2ccccc2)c(C(=O)c2ccccc2)c2ccccc21. The van der Waals surface area contributed by atoms with Crippen LogP contribution in [0.25, 0.3) is 22.2 Å². The van der Waals surface area contributed by atoms with Crippen LogP contribution in [0, 0.1) is 0 Å². The second-order valence-electron chi connectivity index (χ2n) is 5.86. The summed E-state index contributed by atoms with van der Waals surface area (Å²) in [6.07, 6.45) is 0. The summed E-state index contributed by atoms with van der Waals surface area (Å²) in [5.41, 5.74) is 4.56. The highest BCUT2D eigenvalue weighted by molar-refractivity contribution is 6.20. The van der Waals surface area contributed by atoms with Gasteiger partial charge in [-0.1, -0.05) is 78.9 Å². The van der Waals surface area contributed by atoms with E-state index in [0.717, 1.165) is 27.7 Å². The van der Waals surface area contributed by atoms with Gasteiger partial charge in [0.25, 0.3) is 0 Å². The summed E-state index contributed by atoms with van der Waals surface area (Å²) in [4.78, 5) is 13.3. The Bertz CT molecular complexity index is 1010. The van der Waals surface area contributed by atoms with Crippen molar-refractivity contribution in [1.82, 2.24) is 4.57 Å². The van der Waals surface area contributed by atoms with Crippen molar-refractivity contribution in [3.8, 4) is 11.3 Å². The molecule has 0 saturated heterocycles. The number of hydrogen-bond donors (Lipinski definition) is 0. The van der Waals surface area contributed by atoms with E-state index in [-0.39, 0.29) is 5.78 Å². The van der Waals surface area contributed by atoms with Gasteiger partial charge in [-0.2, -0.15) is 0 Å². The van der Waals surface area contributed by atoms with Crippen LogP contribution in [-0.4, -0.2) is 10.4 Å². The zero-order chi connectivity index (χ0) is 16.5. The van der Waals surface area contributed by atoms with E-state index in [1.807, 2.05) is 73.8 Å². The number of ketones is 1. The van der Waals surface area contributed by atoms with Crippen LogP contribution in [0.4, 0.5) is 0 Å². The number of nitrogens with zero attached hydrogens (tertiary/aromatic N) is 1. The normalized spacial score (nSPS) is 10.9. The fraction of sp³-hybridized carbons (Fsp3) is 0.0455. The molecule has 0 amide bonds. The molecule has 0 unspecified atom stereocenters. The molecule has 0 N–H and O–H groups in total. The van der Waals surface area contributed by atoms with Crippen molar-refractivity contribution in [3.05, 3.63) is 96.1 Å². The number of para-hydroxylation sites is 1. The lowest BCUT2D eigenvalue weighted by molar-refractivity contribution is 0.104. The summed E-state index contributed by atoms with van der Waals surface area (Å²) in [6.45, 7) is 0. The van der Waals surface area contributed by atoms with Crippen molar-refractivity contribution in [1.29, 1.82) is 0 Å². The molecule has 116 valence electrons. The number of hydrogen-bond acceptors (Lipinski definition) is 1. The molecule has 0 atom stereocenters. The molecule has 0 radical (unpaired) electrons. The Labute approximate surface area is 141 Å². The van der Waals surface area contributed by atoms with Crippen molar-refractivity contribution >= 4 is 16.7 Å². The van der Waals surface area contributed by atoms with E-state index in [1.165, 1.54) is 0 Å². The first-order chi connectivity index (χ1) is 11.8. The van der Waals surface area contributed by atoms with Crippen LogP contribution < -0.4 is 0 Å². The molecule has 0 aliphatic carbocycles. The average Bonchev–Trinajstić information content (AvgIpc) is 2.95. The quantitative estimate of drug-likeness (QED) is 0.484. The van der Waals surface area contributed by atoms with Crippen molar-refractivity contribution in [2.75, 3.05) is 0 Å². The van der Waals surface area contributed by atoms with Gasteiger partial charge in [0, 0.05) is 23.5 Å². The summed E-state index contributed by atoms with van der Waals surface area (Å²) in [6, 6.07) is 27.7. The molecule has 4 rings (SSSR count). The van der Waals surface area contributed by atoms with Gasteiger partial charge >= 0.3 is 0 Å². The van der Waals surface area contributed by atoms with E-state index in [4.69, 9.17) is 0 Å². The molecule has 3 aromatic carbocycles.